The van der Waals surface area contributed by atoms with Gasteiger partial charge in [-0.15, -0.1) is 0 Å². The van der Waals surface area contributed by atoms with Gasteiger partial charge in [-0.3, -0.25) is 4.79 Å². The Morgan fingerprint density at radius 2 is 1.70 bits per heavy atom. The van der Waals surface area contributed by atoms with Crippen molar-refractivity contribution in [1.82, 2.24) is 0 Å². The molecule has 0 spiro atoms. The molecule has 194 valence electrons. The van der Waals surface area contributed by atoms with Crippen molar-refractivity contribution in [1.29, 1.82) is 0 Å². The summed E-state index contributed by atoms with van der Waals surface area (Å²) in [5.74, 6) is 5.63. The predicted molar refractivity (Wildman–Crippen MR) is 148 cm³/mol. The maximum Gasteiger partial charge on any atom is 0.305 e. The molecule has 0 amide bonds. The molecule has 0 bridgehead atoms. The number of esters is 1. The van der Waals surface area contributed by atoms with E-state index in [4.69, 9.17) is 18.9 Å². The van der Waals surface area contributed by atoms with Gasteiger partial charge in [-0.05, 0) is 95.3 Å². The zero-order valence-corrected chi connectivity index (χ0v) is 22.2. The Balaban J connectivity index is 1.24. The van der Waals surface area contributed by atoms with Crippen LogP contribution in [-0.4, -0.2) is 37.8 Å². The highest BCUT2D eigenvalue weighted by Crippen LogP contribution is 2.38. The molecule has 1 fully saturated rings. The highest BCUT2D eigenvalue weighted by Gasteiger charge is 2.18. The normalized spacial score (nSPS) is 15.1. The molecule has 37 heavy (non-hydrogen) atoms. The number of ether oxygens (including phenoxy) is 4. The van der Waals surface area contributed by atoms with Crippen LogP contribution in [0.15, 0.2) is 60.7 Å². The van der Waals surface area contributed by atoms with E-state index in [0.717, 1.165) is 47.0 Å². The number of methoxy groups -OCH3 is 1. The van der Waals surface area contributed by atoms with Crippen LogP contribution >= 0.6 is 11.8 Å². The summed E-state index contributed by atoms with van der Waals surface area (Å²) in [6, 6.07) is 20.6. The number of rotatable bonds is 9. The number of thioether (sulfide) groups is 1. The Morgan fingerprint density at radius 3 is 2.51 bits per heavy atom. The van der Waals surface area contributed by atoms with Crippen molar-refractivity contribution < 1.29 is 23.7 Å². The lowest BCUT2D eigenvalue weighted by Crippen LogP contribution is -2.17. The lowest BCUT2D eigenvalue weighted by atomic mass is 9.96. The number of benzene rings is 3. The van der Waals surface area contributed by atoms with Gasteiger partial charge in [0.25, 0.3) is 0 Å². The van der Waals surface area contributed by atoms with E-state index in [1.807, 2.05) is 42.1 Å². The van der Waals surface area contributed by atoms with E-state index in [1.54, 1.807) is 0 Å². The van der Waals surface area contributed by atoms with Crippen LogP contribution in [0, 0.1) is 5.92 Å². The number of hydrogen-bond donors (Lipinski definition) is 0. The molecule has 2 aliphatic heterocycles. The number of fused-ring (bicyclic) bond motifs is 3. The minimum absolute atomic E-state index is 0.198. The maximum absolute atomic E-state index is 11.4. The van der Waals surface area contributed by atoms with Crippen molar-refractivity contribution in [2.45, 2.75) is 38.7 Å². The number of carbonyl (C=O) groups excluding carboxylic acids is 1. The SMILES string of the molecule is COC(=O)CCc1ccc(OCc2ccc3c(c2)-c2ccc(OCC4CCSCC4)cc2CCO3)cc1. The van der Waals surface area contributed by atoms with Gasteiger partial charge < -0.3 is 18.9 Å². The zero-order valence-electron chi connectivity index (χ0n) is 21.4. The molecule has 0 aliphatic carbocycles. The van der Waals surface area contributed by atoms with Gasteiger partial charge in [0.2, 0.25) is 0 Å². The molecule has 6 heteroatoms. The molecule has 5 nitrogen and oxygen atoms in total. The fourth-order valence-electron chi connectivity index (χ4n) is 4.80. The molecule has 0 atom stereocenters. The van der Waals surface area contributed by atoms with E-state index in [2.05, 4.69) is 30.3 Å². The van der Waals surface area contributed by atoms with Crippen LogP contribution in [0.3, 0.4) is 0 Å². The van der Waals surface area contributed by atoms with Gasteiger partial charge in [-0.2, -0.15) is 11.8 Å². The van der Waals surface area contributed by atoms with Crippen molar-refractivity contribution >= 4 is 17.7 Å². The molecule has 0 N–H and O–H groups in total. The second-order valence-electron chi connectivity index (χ2n) is 9.62. The third kappa shape index (κ3) is 6.80. The van der Waals surface area contributed by atoms with E-state index in [0.29, 0.717) is 32.0 Å². The Bertz CT molecular complexity index is 1200. The van der Waals surface area contributed by atoms with Gasteiger partial charge in [-0.25, -0.2) is 0 Å². The monoisotopic (exact) mass is 518 g/mol. The summed E-state index contributed by atoms with van der Waals surface area (Å²) in [5, 5.41) is 0. The van der Waals surface area contributed by atoms with Crippen molar-refractivity contribution in [3.05, 3.63) is 77.4 Å². The van der Waals surface area contributed by atoms with E-state index < -0.39 is 0 Å². The van der Waals surface area contributed by atoms with Gasteiger partial charge in [0.05, 0.1) is 20.3 Å². The highest BCUT2D eigenvalue weighted by atomic mass is 32.2. The minimum Gasteiger partial charge on any atom is -0.493 e. The van der Waals surface area contributed by atoms with Crippen LogP contribution < -0.4 is 14.2 Å². The Kier molecular flexibility index (Phi) is 8.57. The van der Waals surface area contributed by atoms with Crippen LogP contribution in [0.2, 0.25) is 0 Å². The predicted octanol–water partition coefficient (Wildman–Crippen LogP) is 6.50. The van der Waals surface area contributed by atoms with Crippen LogP contribution in [0.4, 0.5) is 0 Å². The first-order chi connectivity index (χ1) is 18.2. The van der Waals surface area contributed by atoms with Gasteiger partial charge >= 0.3 is 5.97 Å². The van der Waals surface area contributed by atoms with E-state index in [-0.39, 0.29) is 5.97 Å². The van der Waals surface area contributed by atoms with Crippen molar-refractivity contribution in [3.8, 4) is 28.4 Å². The Morgan fingerprint density at radius 1 is 0.919 bits per heavy atom. The minimum atomic E-state index is -0.198. The van der Waals surface area contributed by atoms with Crippen molar-refractivity contribution in [2.24, 2.45) is 5.92 Å². The average Bonchev–Trinajstić information content (AvgIpc) is 3.13. The lowest BCUT2D eigenvalue weighted by molar-refractivity contribution is -0.140. The quantitative estimate of drug-likeness (QED) is 0.302. The van der Waals surface area contributed by atoms with Gasteiger partial charge in [0.1, 0.15) is 23.9 Å². The molecule has 1 saturated heterocycles. The molecule has 0 aromatic heterocycles. The molecular weight excluding hydrogens is 484 g/mol. The molecule has 3 aromatic carbocycles. The second-order valence-corrected chi connectivity index (χ2v) is 10.8. The number of aryl methyl sites for hydroxylation is 1. The summed E-state index contributed by atoms with van der Waals surface area (Å²) in [4.78, 5) is 11.4. The summed E-state index contributed by atoms with van der Waals surface area (Å²) in [6.07, 6.45) is 4.39. The third-order valence-electron chi connectivity index (χ3n) is 7.04. The standard InChI is InChI=1S/C31H34O5S/c1-33-31(32)11-5-22-2-6-26(7-3-22)35-21-24-4-10-30-29(18-24)28-9-8-27(19-25(28)12-15-34-30)36-20-23-13-16-37-17-14-23/h2-4,6-10,18-19,23H,5,11-17,20-21H2,1H3. The molecule has 5 rings (SSSR count). The summed E-state index contributed by atoms with van der Waals surface area (Å²) in [6.45, 7) is 1.92. The Labute approximate surface area is 223 Å². The van der Waals surface area contributed by atoms with Gasteiger partial charge in [-0.1, -0.05) is 24.3 Å². The van der Waals surface area contributed by atoms with Crippen LogP contribution in [0.5, 0.6) is 17.2 Å². The summed E-state index contributed by atoms with van der Waals surface area (Å²) in [5.41, 5.74) is 5.72. The second kappa shape index (κ2) is 12.4. The number of carbonyl (C=O) groups is 1. The first kappa shape index (κ1) is 25.5. The topological polar surface area (TPSA) is 54.0 Å². The Hall–Kier alpha value is -3.12. The van der Waals surface area contributed by atoms with Gasteiger partial charge in [0.15, 0.2) is 0 Å². The van der Waals surface area contributed by atoms with Crippen LogP contribution in [-0.2, 0) is 29.0 Å². The van der Waals surface area contributed by atoms with E-state index in [1.165, 1.54) is 42.6 Å². The van der Waals surface area contributed by atoms with E-state index >= 15 is 0 Å². The molecule has 2 heterocycles. The largest absolute Gasteiger partial charge is 0.493 e. The number of hydrogen-bond acceptors (Lipinski definition) is 6. The van der Waals surface area contributed by atoms with Crippen molar-refractivity contribution in [3.63, 3.8) is 0 Å². The maximum atomic E-state index is 11.4. The van der Waals surface area contributed by atoms with Gasteiger partial charge in [0, 0.05) is 18.4 Å². The first-order valence-electron chi connectivity index (χ1n) is 13.1. The average molecular weight is 519 g/mol. The molecular formula is C31H34O5S. The van der Waals surface area contributed by atoms with Crippen molar-refractivity contribution in [2.75, 3.05) is 31.8 Å². The first-order valence-corrected chi connectivity index (χ1v) is 14.2. The molecule has 0 saturated carbocycles. The molecule has 2 aliphatic rings. The van der Waals surface area contributed by atoms with Crippen LogP contribution in [0.1, 0.15) is 36.0 Å². The molecule has 0 radical (unpaired) electrons. The summed E-state index contributed by atoms with van der Waals surface area (Å²) >= 11 is 2.05. The fraction of sp³-hybridized carbons (Fsp3) is 0.387. The van der Waals surface area contributed by atoms with E-state index in [9.17, 15) is 4.79 Å². The lowest BCUT2D eigenvalue weighted by Gasteiger charge is -2.21. The fourth-order valence-corrected chi connectivity index (χ4v) is 6.00. The molecule has 0 unspecified atom stereocenters. The smallest absolute Gasteiger partial charge is 0.305 e. The summed E-state index contributed by atoms with van der Waals surface area (Å²) < 4.78 is 23.1. The zero-order chi connectivity index (χ0) is 25.5. The third-order valence-corrected chi connectivity index (χ3v) is 8.09. The highest BCUT2D eigenvalue weighted by molar-refractivity contribution is 7.99. The summed E-state index contributed by atoms with van der Waals surface area (Å²) in [7, 11) is 1.41. The van der Waals surface area contributed by atoms with Crippen LogP contribution in [0.25, 0.3) is 11.1 Å². The molecule has 3 aromatic rings.